The summed E-state index contributed by atoms with van der Waals surface area (Å²) in [4.78, 5) is 26.9. The Morgan fingerprint density at radius 1 is 0.455 bits per heavy atom. The Morgan fingerprint density at radius 2 is 0.764 bits per heavy atom. The first-order valence-corrected chi connectivity index (χ1v) is 47.2. The number of nitrogens with one attached hydrogen (secondary N) is 3. The summed E-state index contributed by atoms with van der Waals surface area (Å²) in [5.74, 6) is -0.313. The van der Waals surface area contributed by atoms with E-state index in [2.05, 4.69) is 103 Å². The Kier molecular flexibility index (Phi) is 66.1. The second kappa shape index (κ2) is 68.8. The molecular weight excluding hydrogens is 1500 g/mol. The number of carbonyl (C=O) groups is 2. The van der Waals surface area contributed by atoms with E-state index in [1.165, 1.54) is 198 Å². The van der Waals surface area contributed by atoms with Gasteiger partial charge in [0.25, 0.3) is 3.79 Å². The number of aliphatic hydroxyl groups is 1. The number of carbonyl (C=O) groups excluding carboxylic acids is 2. The largest absolute Gasteiger partial charge is 0.475 e. The number of phosphoric acid groups is 2. The number of ether oxygens (including phenoxy) is 5. The zero-order valence-electron chi connectivity index (χ0n) is 69.8. The Bertz CT molecular complexity index is 2470. The lowest BCUT2D eigenvalue weighted by molar-refractivity contribution is -0.254. The second-order valence-corrected chi connectivity index (χ2v) is 35.5. The average molecular weight is 1660 g/mol. The average Bonchev–Trinajstić information content (AvgIpc) is 0.789. The third-order valence-electron chi connectivity index (χ3n) is 19.9. The van der Waals surface area contributed by atoms with Crippen molar-refractivity contribution in [3.63, 3.8) is 0 Å². The summed E-state index contributed by atoms with van der Waals surface area (Å²) in [6.07, 6.45) is 54.7. The molecule has 0 spiro atoms. The van der Waals surface area contributed by atoms with Gasteiger partial charge in [0.2, 0.25) is 24.0 Å². The van der Waals surface area contributed by atoms with Crippen LogP contribution in [0.25, 0.3) is 0 Å². The van der Waals surface area contributed by atoms with Crippen molar-refractivity contribution in [1.29, 1.82) is 5.41 Å². The molecule has 2 aliphatic rings. The van der Waals surface area contributed by atoms with Gasteiger partial charge >= 0.3 is 15.6 Å². The molecule has 642 valence electrons. The quantitative estimate of drug-likeness (QED) is 0.0111. The van der Waals surface area contributed by atoms with Crippen LogP contribution in [0, 0.1) is 17.2 Å². The molecule has 0 aromatic heterocycles. The smallest absolute Gasteiger partial charge is 0.446 e. The van der Waals surface area contributed by atoms with Crippen LogP contribution in [0.15, 0.2) is 74.9 Å². The van der Waals surface area contributed by atoms with E-state index in [1.54, 1.807) is 0 Å². The molecule has 110 heavy (non-hydrogen) atoms. The molecule has 3 unspecified atom stereocenters. The lowest BCUT2D eigenvalue weighted by Crippen LogP contribution is -2.65. The van der Waals surface area contributed by atoms with Crippen molar-refractivity contribution in [2.45, 2.75) is 403 Å². The molecule has 2 fully saturated rings. The summed E-state index contributed by atoms with van der Waals surface area (Å²) in [6.45, 7) is 32.0. The Labute approximate surface area is 684 Å². The standard InChI is InChI=1S/C44H78Cl3N2O8P.C42H78NO8P/c1-7-12-14-16-17-18-19-20-21-22-23-24-25-27-29-31-38(50)49-39-41(52-35-32-36(6)30-28-26-15-13-8-2)40(57-58(51,53-33-9-3)54-34-10-4)37(11-5)55-42(39)56-43(48)44(45,46)47;1-7-12-14-16-17-18-19-20-21-22-23-24-25-27-29-31-38(44)43-39-41(47-35-32-36(6)30-28-26-15-13-8-2)40(37(11-5)50-42(39)45)51-52(46,48-33-9-3)49-34-10-4/h9-10,18-19,36-37,39-42,48H,3-4,7-8,11-17,20-35H2,1-2,5-6H3,(H,49,50);9-10,18-19,36-37,39-42,45H,3-4,7-8,11-17,20-35H2,1-2,5-6H3,(H,43,44)/b19-18-,48-43?;19-18-/t36-,37-,39-,40?,41-,42-;36-,37-,39-,40?,41-,42?/m11/s1. The van der Waals surface area contributed by atoms with Crippen LogP contribution in [-0.4, -0.2) is 128 Å². The summed E-state index contributed by atoms with van der Waals surface area (Å²) in [5, 5.41) is 25.5. The molecular formula is C86H156Cl3N3O16P2. The first-order chi connectivity index (χ1) is 53.1. The Morgan fingerprint density at radius 3 is 1.11 bits per heavy atom. The van der Waals surface area contributed by atoms with Crippen LogP contribution in [0.4, 0.5) is 0 Å². The fraction of sp³-hybridized carbons (Fsp3) is 0.826. The third kappa shape index (κ3) is 51.7. The van der Waals surface area contributed by atoms with Crippen molar-refractivity contribution in [2.24, 2.45) is 11.8 Å². The second-order valence-electron chi connectivity index (χ2n) is 30.0. The van der Waals surface area contributed by atoms with Crippen LogP contribution in [0.2, 0.25) is 0 Å². The fourth-order valence-electron chi connectivity index (χ4n) is 13.3. The van der Waals surface area contributed by atoms with Crippen molar-refractivity contribution < 1.29 is 74.7 Å². The van der Waals surface area contributed by atoms with Gasteiger partial charge in [0, 0.05) is 26.1 Å². The number of aliphatic hydroxyl groups excluding tert-OH is 1. The minimum Gasteiger partial charge on any atom is -0.446 e. The molecule has 19 nitrogen and oxygen atoms in total. The zero-order chi connectivity index (χ0) is 81.4. The molecule has 0 aliphatic carbocycles. The maximum atomic E-state index is 14.0. The number of unbranched alkanes of at least 4 members (excludes halogenated alkanes) is 30. The van der Waals surface area contributed by atoms with Gasteiger partial charge in [-0.05, 0) is 102 Å². The van der Waals surface area contributed by atoms with Gasteiger partial charge < -0.3 is 39.4 Å². The van der Waals surface area contributed by atoms with Gasteiger partial charge in [-0.25, -0.2) is 9.13 Å². The van der Waals surface area contributed by atoms with Crippen LogP contribution >= 0.6 is 50.4 Å². The van der Waals surface area contributed by atoms with E-state index >= 15 is 0 Å². The van der Waals surface area contributed by atoms with Crippen molar-refractivity contribution in [1.82, 2.24) is 10.6 Å². The van der Waals surface area contributed by atoms with E-state index in [0.29, 0.717) is 50.7 Å². The number of rotatable bonds is 71. The normalized spacial score (nSPS) is 20.9. The number of amides is 2. The lowest BCUT2D eigenvalue weighted by Gasteiger charge is -2.46. The number of phosphoric ester groups is 2. The summed E-state index contributed by atoms with van der Waals surface area (Å²) in [5.41, 5.74) is 0. The molecule has 2 aliphatic heterocycles. The first-order valence-electron chi connectivity index (χ1n) is 43.1. The molecule has 2 heterocycles. The van der Waals surface area contributed by atoms with E-state index in [4.69, 9.17) is 91.0 Å². The molecule has 12 atom stereocenters. The first kappa shape index (κ1) is 106. The molecule has 0 aromatic rings. The molecule has 0 aromatic carbocycles. The summed E-state index contributed by atoms with van der Waals surface area (Å²) >= 11 is 18.1. The molecule has 2 amide bonds. The van der Waals surface area contributed by atoms with Gasteiger partial charge in [0.05, 0.1) is 38.6 Å². The molecule has 2 rings (SSSR count). The zero-order valence-corrected chi connectivity index (χ0v) is 73.9. The van der Waals surface area contributed by atoms with E-state index < -0.39 is 86.6 Å². The maximum absolute atomic E-state index is 14.0. The van der Waals surface area contributed by atoms with Crippen LogP contribution < -0.4 is 10.6 Å². The predicted molar refractivity (Wildman–Crippen MR) is 455 cm³/mol. The van der Waals surface area contributed by atoms with E-state index in [1.807, 2.05) is 13.8 Å². The molecule has 2 saturated heterocycles. The van der Waals surface area contributed by atoms with Gasteiger partial charge in [-0.1, -0.05) is 319 Å². The summed E-state index contributed by atoms with van der Waals surface area (Å²) in [7, 11) is -8.34. The number of halogens is 3. The van der Waals surface area contributed by atoms with E-state index in [9.17, 15) is 23.8 Å². The molecule has 4 N–H and O–H groups in total. The van der Waals surface area contributed by atoms with Gasteiger partial charge in [-0.15, -0.1) is 26.3 Å². The maximum Gasteiger partial charge on any atom is 0.475 e. The number of hydrogen-bond donors (Lipinski definition) is 4. The monoisotopic (exact) mass is 1650 g/mol. The number of hydrogen-bond acceptors (Lipinski definition) is 17. The predicted octanol–water partition coefficient (Wildman–Crippen LogP) is 25.0. The minimum atomic E-state index is -4.23. The van der Waals surface area contributed by atoms with Crippen LogP contribution in [0.1, 0.15) is 338 Å². The highest BCUT2D eigenvalue weighted by Gasteiger charge is 2.54. The van der Waals surface area contributed by atoms with Crippen LogP contribution in [0.5, 0.6) is 0 Å². The van der Waals surface area contributed by atoms with Gasteiger partial charge in [-0.2, -0.15) is 0 Å². The summed E-state index contributed by atoms with van der Waals surface area (Å²) < 4.78 is 91.1. The molecule has 0 radical (unpaired) electrons. The highest BCUT2D eigenvalue weighted by Crippen LogP contribution is 2.54. The van der Waals surface area contributed by atoms with E-state index in [-0.39, 0.29) is 44.7 Å². The Balaban J connectivity index is 0.00000111. The SMILES string of the molecule is C=CCOP(=O)(OCC=C)OC1[C@@H](CC)OC(O)[C@H](NC(=O)CCCCCCCCC/C=C\CCCCCC)[C@H]1OCC[C@H](C)CCCCCCC.C=CCOP(=O)(OCC=C)OC1[C@@H](CC)O[C@H](OC(=N)C(Cl)(Cl)Cl)[C@H](NC(=O)CCCCCCCCC/C=C\CCCCCC)[C@H]1OCC[C@H](C)CCCCCCC. The number of alkyl halides is 3. The van der Waals surface area contributed by atoms with E-state index in [0.717, 1.165) is 77.0 Å². The van der Waals surface area contributed by atoms with Crippen molar-refractivity contribution >= 4 is 68.2 Å². The molecule has 24 heteroatoms. The lowest BCUT2D eigenvalue weighted by atomic mass is 9.94. The topological polar surface area (TPSA) is 238 Å². The van der Waals surface area contributed by atoms with Crippen molar-refractivity contribution in [3.05, 3.63) is 74.9 Å². The number of allylic oxidation sites excluding steroid dienone is 4. The van der Waals surface area contributed by atoms with Gasteiger partial charge in [0.15, 0.2) is 6.29 Å². The fourth-order valence-corrected chi connectivity index (χ4v) is 16.1. The molecule has 0 bridgehead atoms. The summed E-state index contributed by atoms with van der Waals surface area (Å²) in [6, 6.07) is -1.97. The van der Waals surface area contributed by atoms with Gasteiger partial charge in [-0.3, -0.25) is 42.1 Å². The molecule has 0 saturated carbocycles. The third-order valence-corrected chi connectivity index (χ3v) is 23.3. The highest BCUT2D eigenvalue weighted by molar-refractivity contribution is 7.48. The van der Waals surface area contributed by atoms with Crippen molar-refractivity contribution in [3.8, 4) is 0 Å². The van der Waals surface area contributed by atoms with Crippen molar-refractivity contribution in [2.75, 3.05) is 39.6 Å². The van der Waals surface area contributed by atoms with Gasteiger partial charge in [0.1, 0.15) is 36.5 Å². The Hall–Kier alpha value is -2.26. The minimum absolute atomic E-state index is 0.0561. The highest BCUT2D eigenvalue weighted by atomic mass is 35.6. The van der Waals surface area contributed by atoms with Crippen LogP contribution in [0.3, 0.4) is 0 Å². The van der Waals surface area contributed by atoms with Crippen LogP contribution in [-0.2, 0) is 69.5 Å².